The quantitative estimate of drug-likeness (QED) is 0.0323. The number of esters is 4. The van der Waals surface area contributed by atoms with Crippen LogP contribution in [-0.4, -0.2) is 137 Å². The van der Waals surface area contributed by atoms with Crippen LogP contribution in [0, 0.1) is 86.8 Å². The maximum absolute atomic E-state index is 13.7. The average molecular weight is 1410 g/mol. The molecule has 14 rings (SSSR count). The van der Waals surface area contributed by atoms with Crippen molar-refractivity contribution < 1.29 is 57.3 Å². The Morgan fingerprint density at radius 2 is 1.05 bits per heavy atom. The number of carbonyl (C=O) groups excluding carboxylic acids is 8. The summed E-state index contributed by atoms with van der Waals surface area (Å²) in [6, 6.07) is 12.5. The van der Waals surface area contributed by atoms with Crippen molar-refractivity contribution in [2.45, 2.75) is 215 Å². The maximum atomic E-state index is 13.7. The normalized spacial score (nSPS) is 31.8. The van der Waals surface area contributed by atoms with Gasteiger partial charge in [0.05, 0.1) is 25.5 Å². The molecule has 8 unspecified atom stereocenters. The molecule has 552 valence electrons. The third-order valence-electron chi connectivity index (χ3n) is 28.5. The number of amides is 4. The predicted octanol–water partition coefficient (Wildman–Crippen LogP) is 12.2. The van der Waals surface area contributed by atoms with E-state index in [1.54, 1.807) is 9.36 Å². The lowest BCUT2D eigenvalue weighted by Gasteiger charge is -2.61. The van der Waals surface area contributed by atoms with Gasteiger partial charge in [-0.3, -0.25) is 48.2 Å². The summed E-state index contributed by atoms with van der Waals surface area (Å²) in [4.78, 5) is 103. The Morgan fingerprint density at radius 3 is 1.59 bits per heavy atom. The highest BCUT2D eigenvalue weighted by molar-refractivity contribution is 6.13. The van der Waals surface area contributed by atoms with Crippen LogP contribution in [-0.2, 0) is 76.9 Å². The highest BCUT2D eigenvalue weighted by Gasteiger charge is 2.61. The fraction of sp³-hybridized carbons (Fsp3) is 0.654. The van der Waals surface area contributed by atoms with Crippen molar-refractivity contribution >= 4 is 69.3 Å². The van der Waals surface area contributed by atoms with Gasteiger partial charge in [0.15, 0.2) is 0 Å². The summed E-state index contributed by atoms with van der Waals surface area (Å²) in [5.41, 5.74) is 12.1. The molecule has 0 bridgehead atoms. The van der Waals surface area contributed by atoms with Crippen molar-refractivity contribution in [3.63, 3.8) is 0 Å². The Balaban J connectivity index is 0.531. The minimum absolute atomic E-state index is 0.00790. The molecule has 5 heterocycles. The van der Waals surface area contributed by atoms with E-state index >= 15 is 0 Å². The summed E-state index contributed by atoms with van der Waals surface area (Å²) >= 11 is 0. The first-order valence-electron chi connectivity index (χ1n) is 38.8. The lowest BCUT2D eigenvalue weighted by Crippen LogP contribution is -2.54. The second kappa shape index (κ2) is 29.2. The molecule has 0 radical (unpaired) electrons. The smallest absolute Gasteiger partial charge is 0.328 e. The van der Waals surface area contributed by atoms with Gasteiger partial charge in [-0.2, -0.15) is 0 Å². The first-order valence-corrected chi connectivity index (χ1v) is 38.8. The fourth-order valence-corrected chi connectivity index (χ4v) is 22.6. The van der Waals surface area contributed by atoms with Crippen molar-refractivity contribution in [3.8, 4) is 22.5 Å². The summed E-state index contributed by atoms with van der Waals surface area (Å²) in [6.07, 6.45) is 29.1. The number of nitrogens with zero attached hydrogens (tertiary/aromatic N) is 9. The molecule has 0 spiro atoms. The molecule has 7 aliphatic carbocycles. The molecule has 4 amide bonds. The molecule has 0 saturated heterocycles. The number of fused-ring (bicyclic) bond motifs is 11. The fourth-order valence-electron chi connectivity index (χ4n) is 22.6. The molecule has 7 fully saturated rings. The van der Waals surface area contributed by atoms with Gasteiger partial charge in [0.2, 0.25) is 0 Å². The van der Waals surface area contributed by atoms with Gasteiger partial charge in [-0.15, -0.1) is 10.2 Å². The van der Waals surface area contributed by atoms with Gasteiger partial charge in [-0.05, 0) is 221 Å². The number of hydrogen-bond donors (Lipinski definition) is 1. The molecule has 22 heteroatoms. The number of nitrogens with two attached hydrogens (primary N) is 1. The van der Waals surface area contributed by atoms with E-state index in [0.29, 0.717) is 102 Å². The molecule has 3 aromatic heterocycles. The number of hydrogen-bond acceptors (Lipinski definition) is 17. The van der Waals surface area contributed by atoms with Gasteiger partial charge >= 0.3 is 23.9 Å². The minimum Gasteiger partial charge on any atom is -0.464 e. The standard InChI is InChI=1S/C81H106N10O12/c1-49(8-24-74(96)100-38-36-90-70(92)20-21-71(90)93)51(3)78(4)30-28-63-54(44-78)10-13-55-42-57(26-31-79(55,63)5)102-76(98)47-87-45-66(83-85-87)52-11-15-59-60-16-12-53(41-69(60)89(35-34-82)68(59)40-52)67-46-88(86-84-67)48-77(99)103-58-27-32-80(6)56(43-58)14-17-61-64-19-18-62(81(64,7)33-29-65(61)80)50(2)9-25-75(97)101-39-37-91-72(94)22-23-73(91)95/h11-12,15-16,20-23,40-41,45-46,49-51,54-58,61-65H,8-10,13-14,17-19,24-39,42-44,47-48,82H2,1-7H3/t49-,50-,51?,54+,55-,56-,57-,58-,61+,62?,63?,64+,65?,78?,79?,80?,81?/m1/s1. The molecule has 2 aliphatic heterocycles. The molecular formula is C81H106N10O12. The third kappa shape index (κ3) is 14.2. The lowest BCUT2D eigenvalue weighted by atomic mass is 9.44. The van der Waals surface area contributed by atoms with Crippen molar-refractivity contribution in [1.29, 1.82) is 0 Å². The van der Waals surface area contributed by atoms with Gasteiger partial charge < -0.3 is 29.2 Å². The van der Waals surface area contributed by atoms with Crippen molar-refractivity contribution in [3.05, 3.63) is 73.1 Å². The van der Waals surface area contributed by atoms with E-state index < -0.39 is 0 Å². The number of benzene rings is 2. The topological polar surface area (TPSA) is 272 Å². The molecule has 7 saturated carbocycles. The Morgan fingerprint density at radius 1 is 0.553 bits per heavy atom. The van der Waals surface area contributed by atoms with E-state index in [4.69, 9.17) is 24.7 Å². The molecule has 22 nitrogen and oxygen atoms in total. The van der Waals surface area contributed by atoms with Crippen molar-refractivity contribution in [1.82, 2.24) is 44.4 Å². The first kappa shape index (κ1) is 72.1. The van der Waals surface area contributed by atoms with Crippen molar-refractivity contribution in [2.24, 2.45) is 92.5 Å². The number of aromatic nitrogens is 7. The van der Waals surface area contributed by atoms with Crippen LogP contribution >= 0.6 is 0 Å². The van der Waals surface area contributed by atoms with Gasteiger partial charge in [0.1, 0.15) is 49.9 Å². The number of ether oxygens (including phenoxy) is 4. The van der Waals surface area contributed by atoms with E-state index in [1.807, 2.05) is 24.5 Å². The minimum atomic E-state index is -0.375. The number of rotatable bonds is 25. The third-order valence-corrected chi connectivity index (χ3v) is 28.5. The highest BCUT2D eigenvalue weighted by atomic mass is 16.6. The molecule has 2 aromatic carbocycles. The van der Waals surface area contributed by atoms with Crippen LogP contribution in [0.5, 0.6) is 0 Å². The largest absolute Gasteiger partial charge is 0.464 e. The van der Waals surface area contributed by atoms with Gasteiger partial charge in [0, 0.05) is 83.2 Å². The summed E-state index contributed by atoms with van der Waals surface area (Å²) in [5, 5.41) is 20.0. The second-order valence-corrected chi connectivity index (χ2v) is 33.8. The van der Waals surface area contributed by atoms with E-state index in [2.05, 4.69) is 97.9 Å². The van der Waals surface area contributed by atoms with Crippen LogP contribution in [0.1, 0.15) is 183 Å². The summed E-state index contributed by atoms with van der Waals surface area (Å²) in [5.74, 6) is 3.32. The number of carbonyl (C=O) groups is 8. The summed E-state index contributed by atoms with van der Waals surface area (Å²) in [7, 11) is 0. The Labute approximate surface area is 604 Å². The zero-order chi connectivity index (χ0) is 72.3. The number of imide groups is 2. The Kier molecular flexibility index (Phi) is 20.5. The molecule has 17 atom stereocenters. The van der Waals surface area contributed by atoms with Crippen molar-refractivity contribution in [2.75, 3.05) is 32.8 Å². The molecule has 5 aromatic rings. The zero-order valence-corrected chi connectivity index (χ0v) is 61.4. The maximum Gasteiger partial charge on any atom is 0.328 e. The van der Waals surface area contributed by atoms with Crippen LogP contribution in [0.4, 0.5) is 0 Å². The Hall–Kier alpha value is -7.88. The average Bonchev–Trinajstić information content (AvgIpc) is 1.71. The summed E-state index contributed by atoms with van der Waals surface area (Å²) in [6.45, 7) is 18.1. The predicted molar refractivity (Wildman–Crippen MR) is 385 cm³/mol. The molecular weight excluding hydrogens is 1300 g/mol. The van der Waals surface area contributed by atoms with E-state index in [9.17, 15) is 38.4 Å². The van der Waals surface area contributed by atoms with Gasteiger partial charge in [0.25, 0.3) is 23.6 Å². The monoisotopic (exact) mass is 1410 g/mol. The summed E-state index contributed by atoms with van der Waals surface area (Å²) < 4.78 is 28.8. The second-order valence-electron chi connectivity index (χ2n) is 33.8. The van der Waals surface area contributed by atoms with Crippen LogP contribution in [0.3, 0.4) is 0 Å². The van der Waals surface area contributed by atoms with Crippen LogP contribution in [0.15, 0.2) is 73.1 Å². The molecule has 2 N–H and O–H groups in total. The highest BCUT2D eigenvalue weighted by Crippen LogP contribution is 2.69. The van der Waals surface area contributed by atoms with Crippen LogP contribution in [0.2, 0.25) is 0 Å². The molecule has 103 heavy (non-hydrogen) atoms. The van der Waals surface area contributed by atoms with Crippen LogP contribution < -0.4 is 5.73 Å². The van der Waals surface area contributed by atoms with E-state index in [-0.39, 0.29) is 121 Å². The Bertz CT molecular complexity index is 4120. The van der Waals surface area contributed by atoms with Gasteiger partial charge in [-0.25, -0.2) is 9.36 Å². The first-order chi connectivity index (χ1) is 49.4. The lowest BCUT2D eigenvalue weighted by molar-refractivity contribution is -0.163. The molecule has 9 aliphatic rings. The van der Waals surface area contributed by atoms with Gasteiger partial charge in [-0.1, -0.05) is 83.2 Å². The van der Waals surface area contributed by atoms with E-state index in [1.165, 1.54) is 75.7 Å². The zero-order valence-electron chi connectivity index (χ0n) is 61.4. The van der Waals surface area contributed by atoms with E-state index in [0.717, 1.165) is 113 Å². The van der Waals surface area contributed by atoms with Crippen LogP contribution in [0.25, 0.3) is 44.3 Å². The SMILES string of the molecule is CC([C@H](C)CCC(=O)OCCN1C(=O)C=CC1=O)C1(C)CCC2[C@@H](CC[C@@H]3C[C@H](OC(=O)Cn4cc(-c5ccc6c7ccc(-c8cn(CC(=O)O[C@@H]9CCC%10(C)C%11CCC%12(C)C([C@H](C)CCC(=O)OCCN%13C(=O)C=CC%13=O)CC[C@H]%12[C@@H]%11CC[C@@H]%10C9)nn8)cc7n(CCN)c6c5)nn4)CCC23C)C1.